The van der Waals surface area contributed by atoms with Crippen LogP contribution >= 0.6 is 0 Å². The second-order valence-corrected chi connectivity index (χ2v) is 4.05. The quantitative estimate of drug-likeness (QED) is 0.707. The second-order valence-electron chi connectivity index (χ2n) is 4.05. The van der Waals surface area contributed by atoms with E-state index in [2.05, 4.69) is 0 Å². The minimum atomic E-state index is -0.157. The molecule has 0 fully saturated rings. The summed E-state index contributed by atoms with van der Waals surface area (Å²) >= 11 is 0. The molecule has 3 nitrogen and oxygen atoms in total. The molecule has 0 unspecified atom stereocenters. The lowest BCUT2D eigenvalue weighted by Crippen LogP contribution is -2.17. The first-order chi connectivity index (χ1) is 8.77. The van der Waals surface area contributed by atoms with Gasteiger partial charge < -0.3 is 5.11 Å². The third kappa shape index (κ3) is 1.57. The standard InChI is InChI=1S/C15H11NO2/c17-14-8-4-3-7-13(14)16-12-6-2-1-5-11(12)9-10-15(16)18/h1-10,17H. The van der Waals surface area contributed by atoms with E-state index in [4.69, 9.17) is 0 Å². The first-order valence-corrected chi connectivity index (χ1v) is 5.66. The van der Waals surface area contributed by atoms with Gasteiger partial charge in [-0.25, -0.2) is 0 Å². The number of pyridine rings is 1. The molecule has 0 aliphatic carbocycles. The topological polar surface area (TPSA) is 42.2 Å². The fourth-order valence-corrected chi connectivity index (χ4v) is 2.09. The van der Waals surface area contributed by atoms with Gasteiger partial charge in [0.15, 0.2) is 0 Å². The third-order valence-electron chi connectivity index (χ3n) is 2.93. The highest BCUT2D eigenvalue weighted by Crippen LogP contribution is 2.23. The van der Waals surface area contributed by atoms with Crippen molar-refractivity contribution in [2.75, 3.05) is 0 Å². The first-order valence-electron chi connectivity index (χ1n) is 5.66. The summed E-state index contributed by atoms with van der Waals surface area (Å²) in [6.45, 7) is 0. The highest BCUT2D eigenvalue weighted by atomic mass is 16.3. The number of aromatic hydroxyl groups is 1. The molecule has 3 aromatic rings. The molecule has 3 heteroatoms. The zero-order valence-electron chi connectivity index (χ0n) is 9.58. The molecule has 1 N–H and O–H groups in total. The van der Waals surface area contributed by atoms with Crippen molar-refractivity contribution in [3.63, 3.8) is 0 Å². The van der Waals surface area contributed by atoms with E-state index in [9.17, 15) is 9.90 Å². The van der Waals surface area contributed by atoms with Crippen molar-refractivity contribution in [3.05, 3.63) is 71.0 Å². The van der Waals surface area contributed by atoms with E-state index < -0.39 is 0 Å². The Morgan fingerprint density at radius 2 is 1.56 bits per heavy atom. The summed E-state index contributed by atoms with van der Waals surface area (Å²) < 4.78 is 1.52. The number of phenols is 1. The van der Waals surface area contributed by atoms with Crippen LogP contribution in [0.25, 0.3) is 16.6 Å². The molecule has 1 aromatic heterocycles. The summed E-state index contributed by atoms with van der Waals surface area (Å²) in [6.07, 6.45) is 0. The van der Waals surface area contributed by atoms with Crippen LogP contribution in [-0.2, 0) is 0 Å². The maximum atomic E-state index is 12.0. The molecule has 88 valence electrons. The maximum Gasteiger partial charge on any atom is 0.255 e. The molecule has 18 heavy (non-hydrogen) atoms. The molecule has 0 spiro atoms. The lowest BCUT2D eigenvalue weighted by molar-refractivity contribution is 0.472. The van der Waals surface area contributed by atoms with Gasteiger partial charge in [0, 0.05) is 6.07 Å². The van der Waals surface area contributed by atoms with E-state index in [1.807, 2.05) is 24.3 Å². The molecule has 0 aliphatic heterocycles. The van der Waals surface area contributed by atoms with Crippen molar-refractivity contribution in [1.82, 2.24) is 4.57 Å². The van der Waals surface area contributed by atoms with Crippen molar-refractivity contribution in [2.24, 2.45) is 0 Å². The number of nitrogens with zero attached hydrogens (tertiary/aromatic N) is 1. The molecule has 0 radical (unpaired) electrons. The molecule has 0 amide bonds. The molecular weight excluding hydrogens is 226 g/mol. The second kappa shape index (κ2) is 4.04. The minimum absolute atomic E-state index is 0.0935. The van der Waals surface area contributed by atoms with Crippen LogP contribution in [0.3, 0.4) is 0 Å². The summed E-state index contributed by atoms with van der Waals surface area (Å²) in [5, 5.41) is 10.8. The maximum absolute atomic E-state index is 12.0. The lowest BCUT2D eigenvalue weighted by atomic mass is 10.2. The molecular formula is C15H11NO2. The van der Waals surface area contributed by atoms with Crippen molar-refractivity contribution in [3.8, 4) is 11.4 Å². The van der Waals surface area contributed by atoms with Crippen LogP contribution in [0.2, 0.25) is 0 Å². The van der Waals surface area contributed by atoms with E-state index >= 15 is 0 Å². The third-order valence-corrected chi connectivity index (χ3v) is 2.93. The predicted octanol–water partition coefficient (Wildman–Crippen LogP) is 2.70. The van der Waals surface area contributed by atoms with Gasteiger partial charge in [-0.1, -0.05) is 30.3 Å². The normalized spacial score (nSPS) is 10.7. The van der Waals surface area contributed by atoms with Crippen molar-refractivity contribution in [1.29, 1.82) is 0 Å². The van der Waals surface area contributed by atoms with Gasteiger partial charge in [0.05, 0.1) is 11.2 Å². The number of aromatic nitrogens is 1. The summed E-state index contributed by atoms with van der Waals surface area (Å²) in [7, 11) is 0. The molecule has 1 heterocycles. The van der Waals surface area contributed by atoms with Gasteiger partial charge in [0.1, 0.15) is 5.75 Å². The van der Waals surface area contributed by atoms with Crippen LogP contribution in [0.1, 0.15) is 0 Å². The smallest absolute Gasteiger partial charge is 0.255 e. The summed E-state index contributed by atoms with van der Waals surface area (Å²) in [6, 6.07) is 17.7. The number of fused-ring (bicyclic) bond motifs is 1. The molecule has 0 saturated carbocycles. The number of hydrogen-bond acceptors (Lipinski definition) is 2. The summed E-state index contributed by atoms with van der Waals surface area (Å²) in [5.74, 6) is 0.0935. The van der Waals surface area contributed by atoms with Crippen molar-refractivity contribution in [2.45, 2.75) is 0 Å². The van der Waals surface area contributed by atoms with Crippen LogP contribution in [0.4, 0.5) is 0 Å². The van der Waals surface area contributed by atoms with Gasteiger partial charge in [-0.2, -0.15) is 0 Å². The molecule has 0 aliphatic rings. The Labute approximate surface area is 104 Å². The van der Waals surface area contributed by atoms with Gasteiger partial charge in [-0.05, 0) is 29.7 Å². The molecule has 2 aromatic carbocycles. The Balaban J connectivity index is 2.46. The van der Waals surface area contributed by atoms with Gasteiger partial charge in [-0.15, -0.1) is 0 Å². The lowest BCUT2D eigenvalue weighted by Gasteiger charge is -2.11. The van der Waals surface area contributed by atoms with E-state index in [-0.39, 0.29) is 11.3 Å². The van der Waals surface area contributed by atoms with E-state index in [0.29, 0.717) is 5.69 Å². The fourth-order valence-electron chi connectivity index (χ4n) is 2.09. The number of hydrogen-bond donors (Lipinski definition) is 1. The Bertz CT molecular complexity index is 775. The SMILES string of the molecule is O=c1ccc2ccccc2n1-c1ccccc1O. The Kier molecular flexibility index (Phi) is 2.38. The number of rotatable bonds is 1. The van der Waals surface area contributed by atoms with Crippen LogP contribution in [0, 0.1) is 0 Å². The first kappa shape index (κ1) is 10.6. The van der Waals surface area contributed by atoms with Crippen LogP contribution in [-0.4, -0.2) is 9.67 Å². The van der Waals surface area contributed by atoms with Crippen LogP contribution in [0.15, 0.2) is 65.5 Å². The Morgan fingerprint density at radius 3 is 2.39 bits per heavy atom. The summed E-state index contributed by atoms with van der Waals surface area (Å²) in [5.41, 5.74) is 1.13. The molecule has 0 saturated heterocycles. The zero-order valence-corrected chi connectivity index (χ0v) is 9.58. The molecule has 0 atom stereocenters. The average Bonchev–Trinajstić information content (AvgIpc) is 2.40. The number of phenolic OH excluding ortho intramolecular Hbond substituents is 1. The highest BCUT2D eigenvalue weighted by Gasteiger charge is 2.07. The van der Waals surface area contributed by atoms with Crippen LogP contribution < -0.4 is 5.56 Å². The van der Waals surface area contributed by atoms with E-state index in [1.165, 1.54) is 10.6 Å². The van der Waals surface area contributed by atoms with Gasteiger partial charge in [0.2, 0.25) is 0 Å². The zero-order chi connectivity index (χ0) is 12.5. The van der Waals surface area contributed by atoms with Crippen LogP contribution in [0.5, 0.6) is 5.75 Å². The van der Waals surface area contributed by atoms with Gasteiger partial charge in [-0.3, -0.25) is 9.36 Å². The van der Waals surface area contributed by atoms with Crippen molar-refractivity contribution >= 4 is 10.9 Å². The van der Waals surface area contributed by atoms with Gasteiger partial charge in [0.25, 0.3) is 5.56 Å². The monoisotopic (exact) mass is 237 g/mol. The Morgan fingerprint density at radius 1 is 0.833 bits per heavy atom. The summed E-state index contributed by atoms with van der Waals surface area (Å²) in [4.78, 5) is 12.0. The average molecular weight is 237 g/mol. The highest BCUT2D eigenvalue weighted by molar-refractivity contribution is 5.80. The Hall–Kier alpha value is -2.55. The minimum Gasteiger partial charge on any atom is -0.506 e. The van der Waals surface area contributed by atoms with Gasteiger partial charge >= 0.3 is 0 Å². The van der Waals surface area contributed by atoms with Crippen molar-refractivity contribution < 1.29 is 5.11 Å². The molecule has 0 bridgehead atoms. The largest absolute Gasteiger partial charge is 0.506 e. The van der Waals surface area contributed by atoms with E-state index in [0.717, 1.165) is 10.9 Å². The fraction of sp³-hybridized carbons (Fsp3) is 0. The predicted molar refractivity (Wildman–Crippen MR) is 71.2 cm³/mol. The molecule has 3 rings (SSSR count). The number of para-hydroxylation sites is 3. The van der Waals surface area contributed by atoms with E-state index in [1.54, 1.807) is 30.3 Å². The number of benzene rings is 2.